The Bertz CT molecular complexity index is 303. The number of amides is 2. The van der Waals surface area contributed by atoms with Crippen LogP contribution in [0.4, 0.5) is 4.79 Å². The molecule has 0 saturated carbocycles. The Hall–Kier alpha value is -0.770. The molecule has 4 heteroatoms. The molecule has 2 amide bonds. The number of rotatable bonds is 0. The highest BCUT2D eigenvalue weighted by Gasteiger charge is 2.40. The van der Waals surface area contributed by atoms with E-state index >= 15 is 0 Å². The molecule has 0 unspecified atom stereocenters. The van der Waals surface area contributed by atoms with Crippen LogP contribution in [0.15, 0.2) is 0 Å². The number of piperazine rings is 1. The maximum atomic E-state index is 12.6. The Balaban J connectivity index is 2.05. The lowest BCUT2D eigenvalue weighted by atomic mass is 9.71. The lowest BCUT2D eigenvalue weighted by Gasteiger charge is -2.48. The molecule has 0 aromatic rings. The maximum Gasteiger partial charge on any atom is 0.320 e. The van der Waals surface area contributed by atoms with Crippen LogP contribution in [0.5, 0.6) is 0 Å². The van der Waals surface area contributed by atoms with E-state index in [1.54, 1.807) is 0 Å². The number of carbonyl (C=O) groups excluding carboxylic acids is 1. The summed E-state index contributed by atoms with van der Waals surface area (Å²) in [5, 5.41) is 3.29. The summed E-state index contributed by atoms with van der Waals surface area (Å²) in [6.07, 6.45) is 1.19. The molecule has 2 saturated heterocycles. The molecule has 0 aromatic heterocycles. The maximum absolute atomic E-state index is 12.6. The van der Waals surface area contributed by atoms with Crippen molar-refractivity contribution in [2.75, 3.05) is 39.3 Å². The van der Waals surface area contributed by atoms with Gasteiger partial charge in [0.05, 0.1) is 0 Å². The summed E-state index contributed by atoms with van der Waals surface area (Å²) in [6, 6.07) is 0.234. The van der Waals surface area contributed by atoms with Gasteiger partial charge in [-0.1, -0.05) is 27.7 Å². The number of hydrogen-bond acceptors (Lipinski definition) is 2. The Morgan fingerprint density at radius 2 is 1.44 bits per heavy atom. The zero-order valence-electron chi connectivity index (χ0n) is 12.3. The van der Waals surface area contributed by atoms with Crippen molar-refractivity contribution in [3.63, 3.8) is 0 Å². The van der Waals surface area contributed by atoms with Crippen LogP contribution in [0.25, 0.3) is 0 Å². The van der Waals surface area contributed by atoms with Gasteiger partial charge in [0.15, 0.2) is 0 Å². The summed E-state index contributed by atoms with van der Waals surface area (Å²) < 4.78 is 0. The number of hydrogen-bond donors (Lipinski definition) is 1. The smallest absolute Gasteiger partial charge is 0.320 e. The minimum absolute atomic E-state index is 0.228. The van der Waals surface area contributed by atoms with Crippen LogP contribution < -0.4 is 5.32 Å². The van der Waals surface area contributed by atoms with E-state index in [0.29, 0.717) is 0 Å². The molecular formula is C14H27N3O. The van der Waals surface area contributed by atoms with Crippen molar-refractivity contribution in [3.8, 4) is 0 Å². The number of piperidine rings is 1. The molecule has 4 nitrogen and oxygen atoms in total. The van der Waals surface area contributed by atoms with Crippen molar-refractivity contribution in [1.29, 1.82) is 0 Å². The summed E-state index contributed by atoms with van der Waals surface area (Å²) in [5.41, 5.74) is 0.455. The third-order valence-corrected chi connectivity index (χ3v) is 3.85. The first-order valence-electron chi connectivity index (χ1n) is 7.04. The highest BCUT2D eigenvalue weighted by molar-refractivity contribution is 5.75. The van der Waals surface area contributed by atoms with Gasteiger partial charge in [0.1, 0.15) is 0 Å². The molecule has 104 valence electrons. The molecule has 2 aliphatic heterocycles. The zero-order chi connectivity index (χ0) is 13.4. The third-order valence-electron chi connectivity index (χ3n) is 3.85. The fourth-order valence-electron chi connectivity index (χ4n) is 3.69. The van der Waals surface area contributed by atoms with Gasteiger partial charge in [-0.2, -0.15) is 0 Å². The van der Waals surface area contributed by atoms with Crippen LogP contribution in [0, 0.1) is 10.8 Å². The quantitative estimate of drug-likeness (QED) is 0.714. The highest BCUT2D eigenvalue weighted by Crippen LogP contribution is 2.39. The van der Waals surface area contributed by atoms with E-state index in [4.69, 9.17) is 0 Å². The third kappa shape index (κ3) is 3.16. The summed E-state index contributed by atoms with van der Waals surface area (Å²) in [7, 11) is 0. The Labute approximate surface area is 111 Å². The first-order valence-corrected chi connectivity index (χ1v) is 7.04. The van der Waals surface area contributed by atoms with E-state index < -0.39 is 0 Å². The van der Waals surface area contributed by atoms with Crippen molar-refractivity contribution in [1.82, 2.24) is 15.1 Å². The molecule has 0 bridgehead atoms. The van der Waals surface area contributed by atoms with Gasteiger partial charge in [0, 0.05) is 39.3 Å². The van der Waals surface area contributed by atoms with Crippen LogP contribution in [0.3, 0.4) is 0 Å². The average molecular weight is 253 g/mol. The zero-order valence-corrected chi connectivity index (χ0v) is 12.3. The number of urea groups is 1. The standard InChI is InChI=1S/C14H27N3O/c1-13(2)9-14(3,4)11-17(10-13)12(18)16-7-5-15-6-8-16/h15H,5-11H2,1-4H3. The second-order valence-electron chi connectivity index (χ2n) is 7.38. The van der Waals surface area contributed by atoms with Gasteiger partial charge in [-0.15, -0.1) is 0 Å². The first kappa shape index (κ1) is 13.7. The van der Waals surface area contributed by atoms with Crippen molar-refractivity contribution >= 4 is 6.03 Å². The summed E-state index contributed by atoms with van der Waals surface area (Å²) in [4.78, 5) is 16.6. The predicted molar refractivity (Wildman–Crippen MR) is 73.6 cm³/mol. The molecule has 0 spiro atoms. The van der Waals surface area contributed by atoms with E-state index in [1.807, 2.05) is 4.90 Å². The number of likely N-dealkylation sites (tertiary alicyclic amines) is 1. The molecular weight excluding hydrogens is 226 g/mol. The molecule has 0 aliphatic carbocycles. The SMILES string of the molecule is CC1(C)CN(C(=O)N2CCNCC2)CC(C)(C)C1. The van der Waals surface area contributed by atoms with Gasteiger partial charge in [-0.3, -0.25) is 0 Å². The monoisotopic (exact) mass is 253 g/mol. The van der Waals surface area contributed by atoms with Crippen molar-refractivity contribution in [2.45, 2.75) is 34.1 Å². The Morgan fingerprint density at radius 1 is 0.944 bits per heavy atom. The molecule has 1 N–H and O–H groups in total. The summed E-state index contributed by atoms with van der Waals surface area (Å²) in [6.45, 7) is 14.4. The van der Waals surface area contributed by atoms with Gasteiger partial charge in [0.2, 0.25) is 0 Å². The van der Waals surface area contributed by atoms with Gasteiger partial charge < -0.3 is 15.1 Å². The fourth-order valence-corrected chi connectivity index (χ4v) is 3.69. The predicted octanol–water partition coefficient (Wildman–Crippen LogP) is 1.77. The summed E-state index contributed by atoms with van der Waals surface area (Å²) >= 11 is 0. The molecule has 0 radical (unpaired) electrons. The topological polar surface area (TPSA) is 35.6 Å². The van der Waals surface area contributed by atoms with E-state index in [0.717, 1.165) is 39.3 Å². The second-order valence-corrected chi connectivity index (χ2v) is 7.38. The van der Waals surface area contributed by atoms with E-state index in [9.17, 15) is 4.79 Å². The highest BCUT2D eigenvalue weighted by atomic mass is 16.2. The van der Waals surface area contributed by atoms with Crippen molar-refractivity contribution < 1.29 is 4.79 Å². The molecule has 2 rings (SSSR count). The van der Waals surface area contributed by atoms with Gasteiger partial charge in [-0.05, 0) is 17.3 Å². The number of nitrogens with zero attached hydrogens (tertiary/aromatic N) is 2. The lowest BCUT2D eigenvalue weighted by Crippen LogP contribution is -2.57. The fraction of sp³-hybridized carbons (Fsp3) is 0.929. The minimum atomic E-state index is 0.228. The van der Waals surface area contributed by atoms with Crippen LogP contribution >= 0.6 is 0 Å². The number of carbonyl (C=O) groups is 1. The van der Waals surface area contributed by atoms with Crippen LogP contribution in [-0.2, 0) is 0 Å². The molecule has 18 heavy (non-hydrogen) atoms. The molecule has 0 aromatic carbocycles. The Kier molecular flexibility index (Phi) is 3.58. The molecule has 2 heterocycles. The van der Waals surface area contributed by atoms with Crippen LogP contribution in [-0.4, -0.2) is 55.1 Å². The van der Waals surface area contributed by atoms with Gasteiger partial charge in [-0.25, -0.2) is 4.79 Å². The van der Waals surface area contributed by atoms with E-state index in [1.165, 1.54) is 6.42 Å². The lowest BCUT2D eigenvalue weighted by molar-refractivity contribution is 0.0351. The largest absolute Gasteiger partial charge is 0.324 e. The molecule has 0 atom stereocenters. The summed E-state index contributed by atoms with van der Waals surface area (Å²) in [5.74, 6) is 0. The minimum Gasteiger partial charge on any atom is -0.324 e. The Morgan fingerprint density at radius 3 is 1.94 bits per heavy atom. The van der Waals surface area contributed by atoms with Crippen molar-refractivity contribution in [2.24, 2.45) is 10.8 Å². The molecule has 2 fully saturated rings. The van der Waals surface area contributed by atoms with Crippen LogP contribution in [0.2, 0.25) is 0 Å². The van der Waals surface area contributed by atoms with Gasteiger partial charge >= 0.3 is 6.03 Å². The van der Waals surface area contributed by atoms with Crippen molar-refractivity contribution in [3.05, 3.63) is 0 Å². The molecule has 2 aliphatic rings. The number of nitrogens with one attached hydrogen (secondary N) is 1. The van der Waals surface area contributed by atoms with Crippen LogP contribution in [0.1, 0.15) is 34.1 Å². The normalized spacial score (nSPS) is 27.1. The first-order chi connectivity index (χ1) is 8.29. The van der Waals surface area contributed by atoms with E-state index in [-0.39, 0.29) is 16.9 Å². The van der Waals surface area contributed by atoms with E-state index in [2.05, 4.69) is 37.9 Å². The average Bonchev–Trinajstić information content (AvgIpc) is 2.25. The second kappa shape index (κ2) is 4.72. The van der Waals surface area contributed by atoms with Gasteiger partial charge in [0.25, 0.3) is 0 Å².